The summed E-state index contributed by atoms with van der Waals surface area (Å²) in [7, 11) is 2.17. The number of nitrogens with zero attached hydrogens (tertiary/aromatic N) is 1. The molecule has 0 amide bonds. The molecule has 0 saturated carbocycles. The second-order valence-corrected chi connectivity index (χ2v) is 9.08. The van der Waals surface area contributed by atoms with Gasteiger partial charge in [-0.3, -0.25) is 0 Å². The Morgan fingerprint density at radius 2 is 0.853 bits per heavy atom. The normalized spacial score (nSPS) is 11.7. The fraction of sp³-hybridized carbons (Fsp3) is 0.0303. The maximum Gasteiger partial charge on any atom is 0.0489 e. The first-order valence-corrected chi connectivity index (χ1v) is 11.8. The third kappa shape index (κ3) is 2.80. The number of benzene rings is 6. The van der Waals surface area contributed by atoms with E-state index in [1.807, 2.05) is 0 Å². The van der Waals surface area contributed by atoms with Gasteiger partial charge in [0.15, 0.2) is 0 Å². The molecule has 1 heterocycles. The lowest BCUT2D eigenvalue weighted by molar-refractivity contribution is 1.01. The molecule has 1 heteroatoms. The highest BCUT2D eigenvalue weighted by atomic mass is 14.9. The van der Waals surface area contributed by atoms with Crippen molar-refractivity contribution >= 4 is 43.4 Å². The molecule has 0 bridgehead atoms. The van der Waals surface area contributed by atoms with Crippen LogP contribution in [0.5, 0.6) is 0 Å². The molecule has 1 nitrogen and oxygen atoms in total. The van der Waals surface area contributed by atoms with Crippen LogP contribution in [0.25, 0.3) is 65.6 Å². The lowest BCUT2D eigenvalue weighted by Gasteiger charge is -2.08. The summed E-state index contributed by atoms with van der Waals surface area (Å²) >= 11 is 0. The number of hydrogen-bond donors (Lipinski definition) is 0. The van der Waals surface area contributed by atoms with E-state index in [0.29, 0.717) is 0 Å². The fourth-order valence-corrected chi connectivity index (χ4v) is 5.51. The summed E-state index contributed by atoms with van der Waals surface area (Å²) in [6.07, 6.45) is 0. The van der Waals surface area contributed by atoms with Crippen LogP contribution in [0.15, 0.2) is 121 Å². The number of hydrogen-bond acceptors (Lipinski definition) is 0. The molecule has 7 aromatic rings. The molecular weight excluding hydrogens is 410 g/mol. The number of rotatable bonds is 2. The predicted molar refractivity (Wildman–Crippen MR) is 146 cm³/mol. The quantitative estimate of drug-likeness (QED) is 0.256. The SMILES string of the molecule is Cn1c2ccc(-c3cccc4ccccc34)cc2c2cc(-c3cccc4ccccc34)ccc21. The van der Waals surface area contributed by atoms with E-state index >= 15 is 0 Å². The van der Waals surface area contributed by atoms with Gasteiger partial charge in [0.05, 0.1) is 0 Å². The van der Waals surface area contributed by atoms with E-state index in [0.717, 1.165) is 0 Å². The topological polar surface area (TPSA) is 4.93 Å². The van der Waals surface area contributed by atoms with Crippen molar-refractivity contribution in [3.8, 4) is 22.3 Å². The van der Waals surface area contributed by atoms with Crippen LogP contribution in [-0.4, -0.2) is 4.57 Å². The molecule has 0 spiro atoms. The van der Waals surface area contributed by atoms with Crippen LogP contribution in [0, 0.1) is 0 Å². The second-order valence-electron chi connectivity index (χ2n) is 9.08. The van der Waals surface area contributed by atoms with Gasteiger partial charge in [-0.05, 0) is 68.1 Å². The Balaban J connectivity index is 1.49. The third-order valence-electron chi connectivity index (χ3n) is 7.21. The summed E-state index contributed by atoms with van der Waals surface area (Å²) in [6.45, 7) is 0. The van der Waals surface area contributed by atoms with Crippen LogP contribution in [0.1, 0.15) is 0 Å². The zero-order chi connectivity index (χ0) is 22.6. The summed E-state index contributed by atoms with van der Waals surface area (Å²) in [5, 5.41) is 7.73. The van der Waals surface area contributed by atoms with Crippen LogP contribution in [-0.2, 0) is 7.05 Å². The predicted octanol–water partition coefficient (Wildman–Crippen LogP) is 8.97. The Morgan fingerprint density at radius 1 is 0.412 bits per heavy atom. The molecule has 7 rings (SSSR count). The van der Waals surface area contributed by atoms with Crippen LogP contribution < -0.4 is 0 Å². The lowest BCUT2D eigenvalue weighted by atomic mass is 9.95. The van der Waals surface area contributed by atoms with Gasteiger partial charge in [-0.15, -0.1) is 0 Å². The molecule has 1 aromatic heterocycles. The molecule has 6 aromatic carbocycles. The molecule has 0 saturated heterocycles. The van der Waals surface area contributed by atoms with Crippen molar-refractivity contribution in [3.63, 3.8) is 0 Å². The van der Waals surface area contributed by atoms with Gasteiger partial charge in [0.2, 0.25) is 0 Å². The standard InChI is InChI=1S/C33H23N/c1-34-32-18-16-24(28-14-6-10-22-8-2-4-12-26(22)28)20-30(32)31-21-25(17-19-33(31)34)29-15-7-11-23-9-3-5-13-27(23)29/h2-21H,1H3. The van der Waals surface area contributed by atoms with E-state index in [9.17, 15) is 0 Å². The third-order valence-corrected chi connectivity index (χ3v) is 7.21. The molecule has 0 N–H and O–H groups in total. The zero-order valence-electron chi connectivity index (χ0n) is 19.0. The molecule has 0 aliphatic carbocycles. The summed E-state index contributed by atoms with van der Waals surface area (Å²) < 4.78 is 2.31. The number of aromatic nitrogens is 1. The fourth-order valence-electron chi connectivity index (χ4n) is 5.51. The number of aryl methyl sites for hydroxylation is 1. The maximum atomic E-state index is 2.37. The van der Waals surface area contributed by atoms with Gasteiger partial charge in [0, 0.05) is 28.9 Å². The smallest absolute Gasteiger partial charge is 0.0489 e. The van der Waals surface area contributed by atoms with Crippen molar-refractivity contribution in [1.29, 1.82) is 0 Å². The summed E-state index contributed by atoms with van der Waals surface area (Å²) in [6, 6.07) is 44.2. The van der Waals surface area contributed by atoms with Crippen molar-refractivity contribution in [3.05, 3.63) is 121 Å². The Bertz CT molecular complexity index is 1720. The molecular formula is C33H23N. The van der Waals surface area contributed by atoms with Gasteiger partial charge in [-0.25, -0.2) is 0 Å². The van der Waals surface area contributed by atoms with Crippen LogP contribution >= 0.6 is 0 Å². The molecule has 0 atom stereocenters. The Kier molecular flexibility index (Phi) is 4.13. The van der Waals surface area contributed by atoms with E-state index in [4.69, 9.17) is 0 Å². The molecule has 0 aliphatic rings. The lowest BCUT2D eigenvalue weighted by Crippen LogP contribution is -1.87. The van der Waals surface area contributed by atoms with Crippen LogP contribution in [0.2, 0.25) is 0 Å². The minimum absolute atomic E-state index is 1.26. The van der Waals surface area contributed by atoms with Crippen LogP contribution in [0.4, 0.5) is 0 Å². The summed E-state index contributed by atoms with van der Waals surface area (Å²) in [5.74, 6) is 0. The second kappa shape index (κ2) is 7.33. The van der Waals surface area contributed by atoms with Crippen molar-refractivity contribution in [2.75, 3.05) is 0 Å². The summed E-state index contributed by atoms with van der Waals surface area (Å²) in [5.41, 5.74) is 7.59. The first-order chi connectivity index (χ1) is 16.8. The van der Waals surface area contributed by atoms with Gasteiger partial charge in [-0.1, -0.05) is 97.1 Å². The highest BCUT2D eigenvalue weighted by Gasteiger charge is 2.13. The van der Waals surface area contributed by atoms with Gasteiger partial charge in [0.1, 0.15) is 0 Å². The first-order valence-electron chi connectivity index (χ1n) is 11.8. The van der Waals surface area contributed by atoms with E-state index in [-0.39, 0.29) is 0 Å². The highest BCUT2D eigenvalue weighted by molar-refractivity contribution is 6.12. The molecule has 0 radical (unpaired) electrons. The van der Waals surface area contributed by atoms with E-state index < -0.39 is 0 Å². The molecule has 0 aliphatic heterocycles. The van der Waals surface area contributed by atoms with E-state index in [1.165, 1.54) is 65.6 Å². The maximum absolute atomic E-state index is 2.37. The first kappa shape index (κ1) is 19.1. The van der Waals surface area contributed by atoms with Gasteiger partial charge < -0.3 is 4.57 Å². The number of fused-ring (bicyclic) bond motifs is 5. The van der Waals surface area contributed by atoms with Crippen molar-refractivity contribution in [2.45, 2.75) is 0 Å². The molecule has 0 unspecified atom stereocenters. The largest absolute Gasteiger partial charge is 0.344 e. The highest BCUT2D eigenvalue weighted by Crippen LogP contribution is 2.37. The van der Waals surface area contributed by atoms with Crippen molar-refractivity contribution < 1.29 is 0 Å². The van der Waals surface area contributed by atoms with Crippen molar-refractivity contribution in [1.82, 2.24) is 4.57 Å². The molecule has 160 valence electrons. The minimum atomic E-state index is 1.26. The Hall–Kier alpha value is -4.36. The van der Waals surface area contributed by atoms with Gasteiger partial charge >= 0.3 is 0 Å². The molecule has 34 heavy (non-hydrogen) atoms. The zero-order valence-corrected chi connectivity index (χ0v) is 19.0. The van der Waals surface area contributed by atoms with Gasteiger partial charge in [0.25, 0.3) is 0 Å². The van der Waals surface area contributed by atoms with Crippen LogP contribution in [0.3, 0.4) is 0 Å². The summed E-state index contributed by atoms with van der Waals surface area (Å²) in [4.78, 5) is 0. The van der Waals surface area contributed by atoms with Gasteiger partial charge in [-0.2, -0.15) is 0 Å². The monoisotopic (exact) mass is 433 g/mol. The molecule has 0 fully saturated rings. The average Bonchev–Trinajstić information content (AvgIpc) is 3.18. The minimum Gasteiger partial charge on any atom is -0.344 e. The average molecular weight is 434 g/mol. The van der Waals surface area contributed by atoms with E-state index in [2.05, 4.69) is 133 Å². The Labute approximate surface area is 198 Å². The Morgan fingerprint density at radius 3 is 1.35 bits per heavy atom. The van der Waals surface area contributed by atoms with E-state index in [1.54, 1.807) is 0 Å². The van der Waals surface area contributed by atoms with Crippen molar-refractivity contribution in [2.24, 2.45) is 7.05 Å².